The molecule has 0 unspecified atom stereocenters. The Bertz CT molecular complexity index is 619. The molecule has 3 N–H and O–H groups in total. The molecule has 0 aliphatic carbocycles. The van der Waals surface area contributed by atoms with Gasteiger partial charge in [-0.3, -0.25) is 4.79 Å². The molecule has 1 amide bonds. The minimum absolute atomic E-state index is 0.224. The Morgan fingerprint density at radius 2 is 2.15 bits per heavy atom. The van der Waals surface area contributed by atoms with Gasteiger partial charge < -0.3 is 11.1 Å². The van der Waals surface area contributed by atoms with Gasteiger partial charge in [0.1, 0.15) is 10.7 Å². The second-order valence-electron chi connectivity index (χ2n) is 5.19. The Morgan fingerprint density at radius 1 is 1.45 bits per heavy atom. The van der Waals surface area contributed by atoms with E-state index in [1.165, 1.54) is 11.3 Å². The van der Waals surface area contributed by atoms with Crippen molar-refractivity contribution in [1.82, 2.24) is 10.3 Å². The standard InChI is InChI=1S/C14H16ClN3OS/c1-14(2,16)8-17-12(19)11-7-20-13(18-11)9-5-3-4-6-10(9)15/h3-7H,8,16H2,1-2H3,(H,17,19). The summed E-state index contributed by atoms with van der Waals surface area (Å²) in [5.41, 5.74) is 6.60. The molecule has 6 heteroatoms. The van der Waals surface area contributed by atoms with Crippen LogP contribution in [-0.2, 0) is 0 Å². The lowest BCUT2D eigenvalue weighted by atomic mass is 10.1. The number of halogens is 1. The van der Waals surface area contributed by atoms with Crippen molar-refractivity contribution in [3.8, 4) is 10.6 Å². The van der Waals surface area contributed by atoms with Crippen molar-refractivity contribution in [1.29, 1.82) is 0 Å². The van der Waals surface area contributed by atoms with Gasteiger partial charge in [0.05, 0.1) is 5.02 Å². The Morgan fingerprint density at radius 3 is 2.80 bits per heavy atom. The van der Waals surface area contributed by atoms with E-state index in [9.17, 15) is 4.79 Å². The van der Waals surface area contributed by atoms with E-state index in [1.54, 1.807) is 11.4 Å². The molecule has 0 radical (unpaired) electrons. The average molecular weight is 310 g/mol. The van der Waals surface area contributed by atoms with Gasteiger partial charge in [-0.2, -0.15) is 0 Å². The fourth-order valence-corrected chi connectivity index (χ4v) is 2.66. The normalized spacial score (nSPS) is 11.4. The third kappa shape index (κ3) is 3.79. The van der Waals surface area contributed by atoms with Crippen LogP contribution in [0.25, 0.3) is 10.6 Å². The maximum Gasteiger partial charge on any atom is 0.270 e. The van der Waals surface area contributed by atoms with Crippen molar-refractivity contribution >= 4 is 28.8 Å². The first-order valence-corrected chi connectivity index (χ1v) is 7.40. The fourth-order valence-electron chi connectivity index (χ4n) is 1.54. The van der Waals surface area contributed by atoms with Gasteiger partial charge in [-0.25, -0.2) is 4.98 Å². The van der Waals surface area contributed by atoms with Crippen molar-refractivity contribution in [2.75, 3.05) is 6.54 Å². The smallest absolute Gasteiger partial charge is 0.270 e. The molecule has 0 spiro atoms. The summed E-state index contributed by atoms with van der Waals surface area (Å²) >= 11 is 7.51. The third-order valence-corrected chi connectivity index (χ3v) is 3.75. The molecule has 0 aliphatic rings. The highest BCUT2D eigenvalue weighted by Crippen LogP contribution is 2.29. The number of nitrogens with two attached hydrogens (primary N) is 1. The highest BCUT2D eigenvalue weighted by atomic mass is 35.5. The van der Waals surface area contributed by atoms with Crippen LogP contribution < -0.4 is 11.1 Å². The van der Waals surface area contributed by atoms with Crippen molar-refractivity contribution in [3.05, 3.63) is 40.4 Å². The summed E-state index contributed by atoms with van der Waals surface area (Å²) in [6.45, 7) is 4.10. The summed E-state index contributed by atoms with van der Waals surface area (Å²) in [4.78, 5) is 16.3. The number of thiazole rings is 1. The maximum atomic E-state index is 12.0. The molecular formula is C14H16ClN3OS. The van der Waals surface area contributed by atoms with Crippen molar-refractivity contribution in [2.24, 2.45) is 5.73 Å². The Kier molecular flexibility index (Phi) is 4.42. The van der Waals surface area contributed by atoms with E-state index in [0.717, 1.165) is 10.6 Å². The average Bonchev–Trinajstić information content (AvgIpc) is 2.85. The summed E-state index contributed by atoms with van der Waals surface area (Å²) in [7, 11) is 0. The van der Waals surface area contributed by atoms with Crippen LogP contribution in [-0.4, -0.2) is 23.0 Å². The first-order valence-electron chi connectivity index (χ1n) is 6.14. The summed E-state index contributed by atoms with van der Waals surface area (Å²) in [5, 5.41) is 5.84. The monoisotopic (exact) mass is 309 g/mol. The van der Waals surface area contributed by atoms with Gasteiger partial charge >= 0.3 is 0 Å². The molecule has 0 bridgehead atoms. The first-order chi connectivity index (χ1) is 9.37. The van der Waals surface area contributed by atoms with Crippen molar-refractivity contribution < 1.29 is 4.79 Å². The van der Waals surface area contributed by atoms with Gasteiger partial charge in [0.15, 0.2) is 0 Å². The maximum absolute atomic E-state index is 12.0. The van der Waals surface area contributed by atoms with Crippen LogP contribution in [0.1, 0.15) is 24.3 Å². The Labute approximate surface area is 127 Å². The van der Waals surface area contributed by atoms with Crippen LogP contribution in [0, 0.1) is 0 Å². The molecule has 0 saturated carbocycles. The van der Waals surface area contributed by atoms with Crippen LogP contribution in [0.2, 0.25) is 5.02 Å². The lowest BCUT2D eigenvalue weighted by Crippen LogP contribution is -2.45. The number of hydrogen-bond donors (Lipinski definition) is 2. The summed E-state index contributed by atoms with van der Waals surface area (Å²) in [5.74, 6) is -0.224. The zero-order chi connectivity index (χ0) is 14.8. The van der Waals surface area contributed by atoms with E-state index in [0.29, 0.717) is 17.3 Å². The minimum atomic E-state index is -0.447. The molecule has 1 heterocycles. The van der Waals surface area contributed by atoms with Crippen LogP contribution in [0.4, 0.5) is 0 Å². The lowest BCUT2D eigenvalue weighted by molar-refractivity contribution is 0.0942. The van der Waals surface area contributed by atoms with E-state index >= 15 is 0 Å². The SMILES string of the molecule is CC(C)(N)CNC(=O)c1csc(-c2ccccc2Cl)n1. The van der Waals surface area contributed by atoms with Crippen molar-refractivity contribution in [2.45, 2.75) is 19.4 Å². The number of carbonyl (C=O) groups excluding carboxylic acids is 1. The molecule has 1 aromatic heterocycles. The second kappa shape index (κ2) is 5.91. The lowest BCUT2D eigenvalue weighted by Gasteiger charge is -2.18. The number of nitrogens with one attached hydrogen (secondary N) is 1. The van der Waals surface area contributed by atoms with Gasteiger partial charge in [0, 0.05) is 23.0 Å². The third-order valence-electron chi connectivity index (χ3n) is 2.55. The summed E-state index contributed by atoms with van der Waals surface area (Å²) in [6.07, 6.45) is 0. The first kappa shape index (κ1) is 15.0. The molecule has 0 atom stereocenters. The quantitative estimate of drug-likeness (QED) is 0.912. The Hall–Kier alpha value is -1.43. The number of nitrogens with zero attached hydrogens (tertiary/aromatic N) is 1. The molecule has 20 heavy (non-hydrogen) atoms. The van der Waals surface area contributed by atoms with E-state index in [1.807, 2.05) is 32.0 Å². The van der Waals surface area contributed by atoms with E-state index in [2.05, 4.69) is 10.3 Å². The van der Waals surface area contributed by atoms with E-state index in [4.69, 9.17) is 17.3 Å². The second-order valence-corrected chi connectivity index (χ2v) is 6.45. The van der Waals surface area contributed by atoms with Crippen LogP contribution in [0.5, 0.6) is 0 Å². The largest absolute Gasteiger partial charge is 0.349 e. The van der Waals surface area contributed by atoms with E-state index in [-0.39, 0.29) is 5.91 Å². The molecular weight excluding hydrogens is 294 g/mol. The molecule has 1 aromatic carbocycles. The summed E-state index contributed by atoms with van der Waals surface area (Å²) < 4.78 is 0. The van der Waals surface area contributed by atoms with Gasteiger partial charge in [0.2, 0.25) is 0 Å². The van der Waals surface area contributed by atoms with Crippen LogP contribution >= 0.6 is 22.9 Å². The van der Waals surface area contributed by atoms with Gasteiger partial charge in [-0.1, -0.05) is 29.8 Å². The number of aromatic nitrogens is 1. The number of hydrogen-bond acceptors (Lipinski definition) is 4. The molecule has 4 nitrogen and oxygen atoms in total. The number of rotatable bonds is 4. The molecule has 0 aliphatic heterocycles. The van der Waals surface area contributed by atoms with Gasteiger partial charge in [-0.15, -0.1) is 11.3 Å². The molecule has 106 valence electrons. The predicted octanol–water partition coefficient (Wildman–Crippen LogP) is 2.93. The van der Waals surface area contributed by atoms with Gasteiger partial charge in [0.25, 0.3) is 5.91 Å². The highest BCUT2D eigenvalue weighted by Gasteiger charge is 2.16. The molecule has 0 saturated heterocycles. The number of amides is 1. The molecule has 2 rings (SSSR count). The Balaban J connectivity index is 2.13. The van der Waals surface area contributed by atoms with E-state index < -0.39 is 5.54 Å². The van der Waals surface area contributed by atoms with Gasteiger partial charge in [-0.05, 0) is 19.9 Å². The zero-order valence-corrected chi connectivity index (χ0v) is 12.9. The zero-order valence-electron chi connectivity index (χ0n) is 11.3. The molecule has 0 fully saturated rings. The minimum Gasteiger partial charge on any atom is -0.349 e. The fraction of sp³-hybridized carbons (Fsp3) is 0.286. The topological polar surface area (TPSA) is 68.0 Å². The van der Waals surface area contributed by atoms with Crippen molar-refractivity contribution in [3.63, 3.8) is 0 Å². The highest BCUT2D eigenvalue weighted by molar-refractivity contribution is 7.13. The molecule has 2 aromatic rings. The number of benzene rings is 1. The van der Waals surface area contributed by atoms with Crippen LogP contribution in [0.15, 0.2) is 29.6 Å². The van der Waals surface area contributed by atoms with Crippen LogP contribution in [0.3, 0.4) is 0 Å². The number of carbonyl (C=O) groups is 1. The predicted molar refractivity (Wildman–Crippen MR) is 83.2 cm³/mol. The summed E-state index contributed by atoms with van der Waals surface area (Å²) in [6, 6.07) is 7.43.